The molecule has 0 spiro atoms. The van der Waals surface area contributed by atoms with Gasteiger partial charge in [-0.15, -0.1) is 0 Å². The number of piperidine rings is 1. The topological polar surface area (TPSA) is 75.3 Å². The van der Waals surface area contributed by atoms with Gasteiger partial charge in [0.05, 0.1) is 6.04 Å². The summed E-state index contributed by atoms with van der Waals surface area (Å²) in [5, 5.41) is 5.96. The molecular weight excluding hydrogens is 319 g/mol. The van der Waals surface area contributed by atoms with E-state index in [0.717, 1.165) is 11.8 Å². The molecule has 23 heavy (non-hydrogen) atoms. The molecule has 1 atom stereocenters. The van der Waals surface area contributed by atoms with Crippen LogP contribution in [0.5, 0.6) is 0 Å². The van der Waals surface area contributed by atoms with Gasteiger partial charge in [-0.25, -0.2) is 12.8 Å². The van der Waals surface area contributed by atoms with Crippen molar-refractivity contribution in [2.75, 3.05) is 19.3 Å². The first-order valence-electron chi connectivity index (χ1n) is 7.84. The maximum absolute atomic E-state index is 13.8. The first-order chi connectivity index (χ1) is 10.8. The van der Waals surface area contributed by atoms with Gasteiger partial charge in [-0.1, -0.05) is 12.1 Å². The van der Waals surface area contributed by atoms with E-state index in [4.69, 9.17) is 0 Å². The van der Waals surface area contributed by atoms with E-state index in [-0.39, 0.29) is 24.7 Å². The molecule has 0 bridgehead atoms. The third-order valence-corrected chi connectivity index (χ3v) is 7.07. The summed E-state index contributed by atoms with van der Waals surface area (Å²) in [7, 11) is -3.54. The molecule has 0 radical (unpaired) electrons. The number of carbonyl (C=O) groups is 1. The van der Waals surface area contributed by atoms with Crippen LogP contribution in [0.3, 0.4) is 0 Å². The molecule has 1 amide bonds. The van der Waals surface area contributed by atoms with E-state index in [9.17, 15) is 17.6 Å². The number of carbonyl (C=O) groups excluding carboxylic acids is 1. The number of hydrogen-bond donors (Lipinski definition) is 2. The normalized spacial score (nSPS) is 23.3. The number of amides is 1. The average Bonchev–Trinajstić information content (AvgIpc) is 2.91. The molecule has 3 rings (SSSR count). The van der Waals surface area contributed by atoms with Crippen molar-refractivity contribution in [1.82, 2.24) is 10.6 Å². The summed E-state index contributed by atoms with van der Waals surface area (Å²) >= 11 is 0. The highest BCUT2D eigenvalue weighted by atomic mass is 32.2. The number of fused-ring (bicyclic) bond motifs is 1. The lowest BCUT2D eigenvalue weighted by Crippen LogP contribution is -2.57. The number of sulfone groups is 1. The lowest BCUT2D eigenvalue weighted by molar-refractivity contribution is -0.125. The molecular formula is C16H21FN2O3S. The Labute approximate surface area is 135 Å². The Bertz CT molecular complexity index is 727. The molecule has 1 aliphatic carbocycles. The van der Waals surface area contributed by atoms with Gasteiger partial charge < -0.3 is 10.6 Å². The molecule has 2 aliphatic rings. The summed E-state index contributed by atoms with van der Waals surface area (Å²) in [5.74, 6) is -0.720. The molecule has 1 aromatic rings. The van der Waals surface area contributed by atoms with Crippen molar-refractivity contribution in [1.29, 1.82) is 0 Å². The molecule has 5 nitrogen and oxygen atoms in total. The van der Waals surface area contributed by atoms with Crippen molar-refractivity contribution in [3.63, 3.8) is 0 Å². The summed E-state index contributed by atoms with van der Waals surface area (Å²) in [6.07, 6.45) is 2.81. The Morgan fingerprint density at radius 3 is 2.70 bits per heavy atom. The minimum absolute atomic E-state index is 0.264. The van der Waals surface area contributed by atoms with Crippen LogP contribution in [0.1, 0.15) is 36.4 Å². The zero-order chi connectivity index (χ0) is 16.7. The molecule has 0 saturated carbocycles. The SMILES string of the molecule is CS(=O)(=O)C1(C(=O)NC2CCc3c(F)cccc32)CCNCC1. The second-order valence-electron chi connectivity index (χ2n) is 6.39. The Hall–Kier alpha value is -1.47. The third kappa shape index (κ3) is 2.76. The van der Waals surface area contributed by atoms with Crippen molar-refractivity contribution in [2.24, 2.45) is 0 Å². The van der Waals surface area contributed by atoms with Gasteiger partial charge in [0.15, 0.2) is 14.6 Å². The summed E-state index contributed by atoms with van der Waals surface area (Å²) in [4.78, 5) is 12.8. The van der Waals surface area contributed by atoms with E-state index in [0.29, 0.717) is 31.5 Å². The minimum atomic E-state index is -3.54. The van der Waals surface area contributed by atoms with Crippen LogP contribution in [0.4, 0.5) is 4.39 Å². The second kappa shape index (κ2) is 5.87. The largest absolute Gasteiger partial charge is 0.348 e. The van der Waals surface area contributed by atoms with Crippen molar-refractivity contribution in [3.8, 4) is 0 Å². The molecule has 1 saturated heterocycles. The van der Waals surface area contributed by atoms with Crippen LogP contribution in [-0.2, 0) is 21.1 Å². The van der Waals surface area contributed by atoms with E-state index in [1.165, 1.54) is 6.07 Å². The van der Waals surface area contributed by atoms with E-state index in [1.807, 2.05) is 0 Å². The zero-order valence-electron chi connectivity index (χ0n) is 13.1. The highest BCUT2D eigenvalue weighted by Crippen LogP contribution is 2.35. The first kappa shape index (κ1) is 16.4. The third-order valence-electron chi connectivity index (χ3n) is 5.05. The van der Waals surface area contributed by atoms with E-state index >= 15 is 0 Å². The predicted octanol–water partition coefficient (Wildman–Crippen LogP) is 1.10. The van der Waals surface area contributed by atoms with Gasteiger partial charge in [-0.3, -0.25) is 4.79 Å². The summed E-state index contributed by atoms with van der Waals surface area (Å²) in [5.41, 5.74) is 1.38. The summed E-state index contributed by atoms with van der Waals surface area (Å²) < 4.78 is 37.0. The number of rotatable bonds is 3. The molecule has 7 heteroatoms. The molecule has 126 valence electrons. The molecule has 1 aromatic carbocycles. The van der Waals surface area contributed by atoms with E-state index in [1.54, 1.807) is 12.1 Å². The van der Waals surface area contributed by atoms with Crippen LogP contribution in [0.25, 0.3) is 0 Å². The number of nitrogens with one attached hydrogen (secondary N) is 2. The van der Waals surface area contributed by atoms with Crippen LogP contribution < -0.4 is 10.6 Å². The van der Waals surface area contributed by atoms with E-state index < -0.39 is 20.5 Å². The average molecular weight is 340 g/mol. The monoisotopic (exact) mass is 340 g/mol. The van der Waals surface area contributed by atoms with Crippen molar-refractivity contribution < 1.29 is 17.6 Å². The van der Waals surface area contributed by atoms with Gasteiger partial charge in [0.25, 0.3) is 0 Å². The van der Waals surface area contributed by atoms with Gasteiger partial charge >= 0.3 is 0 Å². The number of hydrogen-bond acceptors (Lipinski definition) is 4. The van der Waals surface area contributed by atoms with Gasteiger partial charge in [0.2, 0.25) is 5.91 Å². The Balaban J connectivity index is 1.86. The fraction of sp³-hybridized carbons (Fsp3) is 0.562. The minimum Gasteiger partial charge on any atom is -0.348 e. The predicted molar refractivity (Wildman–Crippen MR) is 85.3 cm³/mol. The van der Waals surface area contributed by atoms with Gasteiger partial charge in [0.1, 0.15) is 5.82 Å². The van der Waals surface area contributed by atoms with Crippen LogP contribution in [0, 0.1) is 5.82 Å². The standard InChI is InChI=1S/C16H21FN2O3S/c1-23(21,22)16(7-9-18-10-8-16)15(20)19-14-6-5-11-12(14)3-2-4-13(11)17/h2-4,14,18H,5-10H2,1H3,(H,19,20). The smallest absolute Gasteiger partial charge is 0.242 e. The van der Waals surface area contributed by atoms with Crippen molar-refractivity contribution in [3.05, 3.63) is 35.1 Å². The van der Waals surface area contributed by atoms with Crippen LogP contribution in [0.15, 0.2) is 18.2 Å². The highest BCUT2D eigenvalue weighted by molar-refractivity contribution is 7.92. The molecule has 1 fully saturated rings. The van der Waals surface area contributed by atoms with Crippen molar-refractivity contribution >= 4 is 15.7 Å². The maximum Gasteiger partial charge on any atom is 0.242 e. The highest BCUT2D eigenvalue weighted by Gasteiger charge is 2.49. The Morgan fingerprint density at radius 2 is 2.04 bits per heavy atom. The quantitative estimate of drug-likeness (QED) is 0.864. The maximum atomic E-state index is 13.8. The zero-order valence-corrected chi connectivity index (χ0v) is 13.9. The molecule has 0 aromatic heterocycles. The van der Waals surface area contributed by atoms with Crippen LogP contribution in [-0.4, -0.2) is 38.4 Å². The first-order valence-corrected chi connectivity index (χ1v) is 9.73. The van der Waals surface area contributed by atoms with Crippen LogP contribution in [0.2, 0.25) is 0 Å². The fourth-order valence-electron chi connectivity index (χ4n) is 3.65. The molecule has 1 unspecified atom stereocenters. The molecule has 1 heterocycles. The number of halogens is 1. The van der Waals surface area contributed by atoms with E-state index in [2.05, 4.69) is 10.6 Å². The van der Waals surface area contributed by atoms with Gasteiger partial charge in [-0.05, 0) is 56.0 Å². The lowest BCUT2D eigenvalue weighted by atomic mass is 9.95. The second-order valence-corrected chi connectivity index (χ2v) is 8.71. The molecule has 1 aliphatic heterocycles. The Morgan fingerprint density at radius 1 is 1.35 bits per heavy atom. The summed E-state index contributed by atoms with van der Waals surface area (Å²) in [6, 6.07) is 4.51. The van der Waals surface area contributed by atoms with Crippen LogP contribution >= 0.6 is 0 Å². The molecule has 2 N–H and O–H groups in total. The van der Waals surface area contributed by atoms with Gasteiger partial charge in [0, 0.05) is 6.26 Å². The van der Waals surface area contributed by atoms with Gasteiger partial charge in [-0.2, -0.15) is 0 Å². The number of benzene rings is 1. The summed E-state index contributed by atoms with van der Waals surface area (Å²) in [6.45, 7) is 0.993. The van der Waals surface area contributed by atoms with Crippen molar-refractivity contribution in [2.45, 2.75) is 36.5 Å². The fourth-order valence-corrected chi connectivity index (χ4v) is 4.99. The lowest BCUT2D eigenvalue weighted by Gasteiger charge is -2.35. The Kier molecular flexibility index (Phi) is 4.18.